The molecule has 0 N–H and O–H groups in total. The molecule has 1 rings (SSSR count). The summed E-state index contributed by atoms with van der Waals surface area (Å²) in [6.07, 6.45) is 5.34. The van der Waals surface area contributed by atoms with Crippen LogP contribution in [0.2, 0.25) is 0 Å². The Morgan fingerprint density at radius 1 is 1.67 bits per heavy atom. The number of ether oxygens (including phenoxy) is 1. The van der Waals surface area contributed by atoms with E-state index in [1.165, 1.54) is 0 Å². The Balaban J connectivity index is 2.30. The molecule has 3 heteroatoms. The summed E-state index contributed by atoms with van der Waals surface area (Å²) in [7, 11) is 0. The zero-order valence-corrected chi connectivity index (χ0v) is 7.89. The monoisotopic (exact) mass is 184 g/mol. The van der Waals surface area contributed by atoms with Crippen LogP contribution in [-0.4, -0.2) is 11.7 Å². The van der Waals surface area contributed by atoms with Gasteiger partial charge in [-0.2, -0.15) is 0 Å². The topological polar surface area (TPSA) is 22.4 Å². The second kappa shape index (κ2) is 4.93. The molecule has 0 saturated heterocycles. The second-order valence-electron chi connectivity index (χ2n) is 2.50. The number of unbranched alkanes of at least 4 members (excludes halogenated alkanes) is 1. The third-order valence-electron chi connectivity index (χ3n) is 1.49. The van der Waals surface area contributed by atoms with Gasteiger partial charge in [-0.3, -0.25) is 0 Å². The molecule has 1 aromatic rings. The Hall–Kier alpha value is -0.830. The third-order valence-corrected chi connectivity index (χ3v) is 1.84. The minimum Gasteiger partial charge on any atom is -0.483 e. The highest BCUT2D eigenvalue weighted by atomic mass is 32.1. The maximum absolute atomic E-state index is 5.30. The van der Waals surface area contributed by atoms with Crippen LogP contribution >= 0.6 is 12.2 Å². The van der Waals surface area contributed by atoms with Gasteiger partial charge in [-0.1, -0.05) is 13.3 Å². The molecule has 0 unspecified atom stereocenters. The quantitative estimate of drug-likeness (QED) is 0.530. The Morgan fingerprint density at radius 2 is 2.50 bits per heavy atom. The van der Waals surface area contributed by atoms with Crippen molar-refractivity contribution < 1.29 is 9.15 Å². The third kappa shape index (κ3) is 2.66. The van der Waals surface area contributed by atoms with Gasteiger partial charge in [0.1, 0.15) is 6.26 Å². The van der Waals surface area contributed by atoms with Gasteiger partial charge >= 0.3 is 0 Å². The summed E-state index contributed by atoms with van der Waals surface area (Å²) in [5.41, 5.74) is 0.848. The van der Waals surface area contributed by atoms with Gasteiger partial charge in [-0.25, -0.2) is 0 Å². The van der Waals surface area contributed by atoms with Crippen molar-refractivity contribution in [2.75, 3.05) is 6.61 Å². The SMILES string of the molecule is CCCCOC(=S)c1ccoc1. The molecule has 1 heterocycles. The minimum atomic E-state index is 0.525. The molecular weight excluding hydrogens is 172 g/mol. The van der Waals surface area contributed by atoms with Gasteiger partial charge in [-0.15, -0.1) is 0 Å². The standard InChI is InChI=1S/C9H12O2S/c1-2-3-5-11-9(12)8-4-6-10-7-8/h4,6-7H,2-3,5H2,1H3. The molecule has 0 aliphatic carbocycles. The van der Waals surface area contributed by atoms with E-state index in [9.17, 15) is 0 Å². The van der Waals surface area contributed by atoms with Crippen LogP contribution in [0.25, 0.3) is 0 Å². The summed E-state index contributed by atoms with van der Waals surface area (Å²) in [4.78, 5) is 0. The lowest BCUT2D eigenvalue weighted by Gasteiger charge is -2.03. The van der Waals surface area contributed by atoms with Gasteiger partial charge in [0, 0.05) is 0 Å². The first-order valence-corrected chi connectivity index (χ1v) is 4.44. The van der Waals surface area contributed by atoms with E-state index < -0.39 is 0 Å². The van der Waals surface area contributed by atoms with Crippen molar-refractivity contribution in [1.29, 1.82) is 0 Å². The number of hydrogen-bond donors (Lipinski definition) is 0. The molecule has 0 radical (unpaired) electrons. The molecule has 0 fully saturated rings. The zero-order valence-electron chi connectivity index (χ0n) is 7.08. The fraction of sp³-hybridized carbons (Fsp3) is 0.444. The molecule has 0 amide bonds. The smallest absolute Gasteiger partial charge is 0.194 e. The van der Waals surface area contributed by atoms with Crippen molar-refractivity contribution in [1.82, 2.24) is 0 Å². The van der Waals surface area contributed by atoms with Crippen molar-refractivity contribution >= 4 is 17.3 Å². The fourth-order valence-electron chi connectivity index (χ4n) is 0.773. The molecule has 12 heavy (non-hydrogen) atoms. The van der Waals surface area contributed by atoms with E-state index in [1.54, 1.807) is 18.6 Å². The van der Waals surface area contributed by atoms with E-state index in [-0.39, 0.29) is 0 Å². The minimum absolute atomic E-state index is 0.525. The number of rotatable bonds is 4. The van der Waals surface area contributed by atoms with Gasteiger partial charge in [0.2, 0.25) is 0 Å². The summed E-state index contributed by atoms with van der Waals surface area (Å²) in [5, 5.41) is 0.525. The van der Waals surface area contributed by atoms with Crippen LogP contribution in [0.4, 0.5) is 0 Å². The molecule has 0 aliphatic rings. The highest BCUT2D eigenvalue weighted by molar-refractivity contribution is 7.80. The lowest BCUT2D eigenvalue weighted by molar-refractivity contribution is 0.305. The summed E-state index contributed by atoms with van der Waals surface area (Å²) in [5.74, 6) is 0. The first-order chi connectivity index (χ1) is 5.84. The lowest BCUT2D eigenvalue weighted by atomic mass is 10.3. The first kappa shape index (κ1) is 9.26. The average Bonchev–Trinajstić information content (AvgIpc) is 2.56. The van der Waals surface area contributed by atoms with Crippen molar-refractivity contribution in [2.24, 2.45) is 0 Å². The van der Waals surface area contributed by atoms with Crippen LogP contribution < -0.4 is 0 Å². The zero-order chi connectivity index (χ0) is 8.81. The van der Waals surface area contributed by atoms with Crippen LogP contribution in [0, 0.1) is 0 Å². The molecule has 2 nitrogen and oxygen atoms in total. The molecule has 0 saturated carbocycles. The predicted molar refractivity (Wildman–Crippen MR) is 51.3 cm³/mol. The molecule has 0 atom stereocenters. The fourth-order valence-corrected chi connectivity index (χ4v) is 0.973. The van der Waals surface area contributed by atoms with Crippen LogP contribution in [0.1, 0.15) is 25.3 Å². The van der Waals surface area contributed by atoms with Crippen molar-refractivity contribution in [3.05, 3.63) is 24.2 Å². The number of thiocarbonyl (C=S) groups is 1. The molecule has 1 aromatic heterocycles. The molecule has 0 aliphatic heterocycles. The largest absolute Gasteiger partial charge is 0.483 e. The van der Waals surface area contributed by atoms with Gasteiger partial charge < -0.3 is 9.15 Å². The summed E-state index contributed by atoms with van der Waals surface area (Å²) >= 11 is 5.01. The van der Waals surface area contributed by atoms with E-state index in [0.717, 1.165) is 18.4 Å². The van der Waals surface area contributed by atoms with Crippen LogP contribution in [-0.2, 0) is 4.74 Å². The van der Waals surface area contributed by atoms with Crippen LogP contribution in [0.15, 0.2) is 23.0 Å². The Morgan fingerprint density at radius 3 is 3.08 bits per heavy atom. The molecule has 66 valence electrons. The number of furan rings is 1. The first-order valence-electron chi connectivity index (χ1n) is 4.04. The van der Waals surface area contributed by atoms with Crippen molar-refractivity contribution in [3.63, 3.8) is 0 Å². The molecule has 0 spiro atoms. The van der Waals surface area contributed by atoms with E-state index in [4.69, 9.17) is 21.4 Å². The van der Waals surface area contributed by atoms with Crippen LogP contribution in [0.3, 0.4) is 0 Å². The Kier molecular flexibility index (Phi) is 3.80. The summed E-state index contributed by atoms with van der Waals surface area (Å²) < 4.78 is 10.2. The maximum atomic E-state index is 5.30. The lowest BCUT2D eigenvalue weighted by Crippen LogP contribution is -2.03. The molecular formula is C9H12O2S. The molecule has 0 bridgehead atoms. The highest BCUT2D eigenvalue weighted by Crippen LogP contribution is 2.04. The van der Waals surface area contributed by atoms with Crippen molar-refractivity contribution in [2.45, 2.75) is 19.8 Å². The predicted octanol–water partition coefficient (Wildman–Crippen LogP) is 2.77. The average molecular weight is 184 g/mol. The van der Waals surface area contributed by atoms with E-state index in [1.807, 2.05) is 0 Å². The van der Waals surface area contributed by atoms with E-state index >= 15 is 0 Å². The van der Waals surface area contributed by atoms with E-state index in [0.29, 0.717) is 11.7 Å². The number of hydrogen-bond acceptors (Lipinski definition) is 3. The van der Waals surface area contributed by atoms with Crippen LogP contribution in [0.5, 0.6) is 0 Å². The van der Waals surface area contributed by atoms with Gasteiger partial charge in [-0.05, 0) is 24.7 Å². The second-order valence-corrected chi connectivity index (χ2v) is 2.87. The normalized spacial score (nSPS) is 9.75. The van der Waals surface area contributed by atoms with Crippen molar-refractivity contribution in [3.8, 4) is 0 Å². The van der Waals surface area contributed by atoms with Gasteiger partial charge in [0.05, 0.1) is 18.4 Å². The molecule has 0 aromatic carbocycles. The van der Waals surface area contributed by atoms with Gasteiger partial charge in [0.15, 0.2) is 5.05 Å². The summed E-state index contributed by atoms with van der Waals surface area (Å²) in [6, 6.07) is 1.80. The van der Waals surface area contributed by atoms with E-state index in [2.05, 4.69) is 6.92 Å². The summed E-state index contributed by atoms with van der Waals surface area (Å²) in [6.45, 7) is 2.81. The Bertz CT molecular complexity index is 229. The maximum Gasteiger partial charge on any atom is 0.194 e. The highest BCUT2D eigenvalue weighted by Gasteiger charge is 2.01. The van der Waals surface area contributed by atoms with Gasteiger partial charge in [0.25, 0.3) is 0 Å². The Labute approximate surface area is 77.5 Å².